The van der Waals surface area contributed by atoms with Gasteiger partial charge in [-0.25, -0.2) is 24.4 Å². The van der Waals surface area contributed by atoms with Crippen LogP contribution in [-0.2, 0) is 24.2 Å². The van der Waals surface area contributed by atoms with E-state index in [1.807, 2.05) is 52.2 Å². The lowest BCUT2D eigenvalue weighted by Crippen LogP contribution is -2.42. The summed E-state index contributed by atoms with van der Waals surface area (Å²) in [7, 11) is 0. The van der Waals surface area contributed by atoms with Gasteiger partial charge in [0.2, 0.25) is 5.88 Å². The van der Waals surface area contributed by atoms with Gasteiger partial charge in [0, 0.05) is 30.5 Å². The van der Waals surface area contributed by atoms with Gasteiger partial charge in [-0.1, -0.05) is 12.1 Å². The average molecular weight is 555 g/mol. The minimum Gasteiger partial charge on any atom is -0.474 e. The molecular formula is C30H34N8O3. The van der Waals surface area contributed by atoms with E-state index in [4.69, 9.17) is 9.47 Å². The molecule has 6 rings (SSSR count). The zero-order valence-electron chi connectivity index (χ0n) is 23.8. The van der Waals surface area contributed by atoms with E-state index in [9.17, 15) is 4.79 Å². The van der Waals surface area contributed by atoms with Crippen molar-refractivity contribution >= 4 is 29.0 Å². The Bertz CT molecular complexity index is 1550. The van der Waals surface area contributed by atoms with Crippen LogP contribution in [0.4, 0.5) is 27.7 Å². The van der Waals surface area contributed by atoms with Crippen molar-refractivity contribution in [3.05, 3.63) is 77.6 Å². The minimum atomic E-state index is -0.592. The molecule has 1 amide bonds. The summed E-state index contributed by atoms with van der Waals surface area (Å²) in [4.78, 5) is 30.2. The number of hydrogen-bond donors (Lipinski definition) is 1. The van der Waals surface area contributed by atoms with Crippen LogP contribution < -0.4 is 19.9 Å². The van der Waals surface area contributed by atoms with Gasteiger partial charge in [0.25, 0.3) is 0 Å². The molecular weight excluding hydrogens is 520 g/mol. The van der Waals surface area contributed by atoms with E-state index in [-0.39, 0.29) is 6.09 Å². The van der Waals surface area contributed by atoms with Gasteiger partial charge in [0.15, 0.2) is 0 Å². The molecule has 0 unspecified atom stereocenters. The van der Waals surface area contributed by atoms with E-state index in [1.165, 1.54) is 17.5 Å². The highest BCUT2D eigenvalue weighted by atomic mass is 16.6. The van der Waals surface area contributed by atoms with Gasteiger partial charge in [-0.2, -0.15) is 5.10 Å². The van der Waals surface area contributed by atoms with Gasteiger partial charge in [-0.05, 0) is 69.0 Å². The van der Waals surface area contributed by atoms with Crippen LogP contribution in [0, 0.1) is 6.92 Å². The number of amides is 1. The van der Waals surface area contributed by atoms with Crippen LogP contribution in [0.15, 0.2) is 55.4 Å². The first-order valence-electron chi connectivity index (χ1n) is 13.8. The second kappa shape index (κ2) is 10.7. The molecule has 0 fully saturated rings. The van der Waals surface area contributed by atoms with E-state index in [0.29, 0.717) is 37.8 Å². The van der Waals surface area contributed by atoms with Gasteiger partial charge in [0.05, 0.1) is 25.0 Å². The Morgan fingerprint density at radius 2 is 1.93 bits per heavy atom. The lowest BCUT2D eigenvalue weighted by molar-refractivity contribution is 0.0566. The number of nitrogens with zero attached hydrogens (tertiary/aromatic N) is 7. The van der Waals surface area contributed by atoms with Crippen LogP contribution in [0.3, 0.4) is 0 Å². The molecule has 2 aliphatic heterocycles. The maximum absolute atomic E-state index is 13.0. The second-order valence-electron chi connectivity index (χ2n) is 11.3. The van der Waals surface area contributed by atoms with Crippen LogP contribution in [0.1, 0.15) is 43.0 Å². The van der Waals surface area contributed by atoms with E-state index in [0.717, 1.165) is 41.3 Å². The van der Waals surface area contributed by atoms with Crippen molar-refractivity contribution in [2.24, 2.45) is 0 Å². The summed E-state index contributed by atoms with van der Waals surface area (Å²) in [5.41, 5.74) is 6.55. The number of aromatic nitrogens is 5. The largest absolute Gasteiger partial charge is 0.474 e. The zero-order valence-corrected chi connectivity index (χ0v) is 23.8. The lowest BCUT2D eigenvalue weighted by atomic mass is 10.0. The molecule has 0 bridgehead atoms. The van der Waals surface area contributed by atoms with Crippen molar-refractivity contribution < 1.29 is 14.3 Å². The smallest absolute Gasteiger partial charge is 0.415 e. The van der Waals surface area contributed by atoms with Crippen molar-refractivity contribution in [2.75, 3.05) is 34.8 Å². The number of benzene rings is 1. The molecule has 41 heavy (non-hydrogen) atoms. The summed E-state index contributed by atoms with van der Waals surface area (Å²) in [5.74, 6) is 1.25. The summed E-state index contributed by atoms with van der Waals surface area (Å²) >= 11 is 0. The molecule has 0 spiro atoms. The topological polar surface area (TPSA) is 111 Å². The third-order valence-corrected chi connectivity index (χ3v) is 7.16. The van der Waals surface area contributed by atoms with Crippen LogP contribution >= 0.6 is 0 Å². The fraction of sp³-hybridized carbons (Fsp3) is 0.367. The van der Waals surface area contributed by atoms with E-state index < -0.39 is 5.60 Å². The summed E-state index contributed by atoms with van der Waals surface area (Å²) in [6.07, 6.45) is 7.53. The van der Waals surface area contributed by atoms with Crippen LogP contribution in [0.25, 0.3) is 0 Å². The Kier molecular flexibility index (Phi) is 6.94. The van der Waals surface area contributed by atoms with Crippen molar-refractivity contribution in [1.29, 1.82) is 0 Å². The fourth-order valence-corrected chi connectivity index (χ4v) is 5.20. The van der Waals surface area contributed by atoms with Crippen molar-refractivity contribution in [3.63, 3.8) is 0 Å². The monoisotopic (exact) mass is 554 g/mol. The first-order valence-corrected chi connectivity index (χ1v) is 13.8. The Morgan fingerprint density at radius 3 is 2.68 bits per heavy atom. The number of ether oxygens (including phenoxy) is 2. The fourth-order valence-electron chi connectivity index (χ4n) is 5.20. The predicted molar refractivity (Wildman–Crippen MR) is 156 cm³/mol. The number of nitrogens with one attached hydrogen (secondary N) is 1. The molecule has 11 nitrogen and oxygen atoms in total. The summed E-state index contributed by atoms with van der Waals surface area (Å²) in [6.45, 7) is 10.6. The van der Waals surface area contributed by atoms with Gasteiger partial charge in [-0.3, -0.25) is 4.90 Å². The van der Waals surface area contributed by atoms with Gasteiger partial charge >= 0.3 is 6.09 Å². The zero-order chi connectivity index (χ0) is 28.6. The first kappa shape index (κ1) is 26.5. The molecule has 0 radical (unpaired) electrons. The standard InChI is InChI=1S/C30H34N8O3/c1-20-25(15-33-28-27(20)38(11-12-40-28)29(39)41-30(2,3)4)36-10-9-22-14-32-26(13-23(22)17-36)35-24-7-5-21(6-8-24)16-37-19-31-18-34-37/h5-8,13-15,18-19H,9-12,16-17H2,1-4H3,(H,32,35). The number of carbonyl (C=O) groups is 1. The van der Waals surface area contributed by atoms with Crippen LogP contribution in [-0.4, -0.2) is 56.1 Å². The highest BCUT2D eigenvalue weighted by Crippen LogP contribution is 2.40. The van der Waals surface area contributed by atoms with Crippen molar-refractivity contribution in [1.82, 2.24) is 24.7 Å². The summed E-state index contributed by atoms with van der Waals surface area (Å²) in [6, 6.07) is 10.3. The molecule has 1 N–H and O–H groups in total. The summed E-state index contributed by atoms with van der Waals surface area (Å²) in [5, 5.41) is 7.60. The number of rotatable bonds is 5. The number of fused-ring (bicyclic) bond motifs is 2. The predicted octanol–water partition coefficient (Wildman–Crippen LogP) is 4.87. The molecule has 11 heteroatoms. The van der Waals surface area contributed by atoms with Gasteiger partial charge in [-0.15, -0.1) is 0 Å². The molecule has 0 atom stereocenters. The van der Waals surface area contributed by atoms with Crippen LogP contribution in [0.2, 0.25) is 0 Å². The number of pyridine rings is 2. The lowest BCUT2D eigenvalue weighted by Gasteiger charge is -2.35. The van der Waals surface area contributed by atoms with E-state index >= 15 is 0 Å². The highest BCUT2D eigenvalue weighted by Gasteiger charge is 2.32. The Labute approximate surface area is 239 Å². The third kappa shape index (κ3) is 5.79. The Balaban J connectivity index is 1.19. The molecule has 1 aromatic carbocycles. The van der Waals surface area contributed by atoms with Crippen molar-refractivity contribution in [2.45, 2.75) is 52.8 Å². The van der Waals surface area contributed by atoms with Gasteiger partial charge < -0.3 is 19.7 Å². The normalized spacial score (nSPS) is 14.6. The first-order chi connectivity index (χ1) is 19.7. The molecule has 0 saturated carbocycles. The van der Waals surface area contributed by atoms with E-state index in [2.05, 4.69) is 48.5 Å². The van der Waals surface area contributed by atoms with Crippen LogP contribution in [0.5, 0.6) is 5.88 Å². The Morgan fingerprint density at radius 1 is 1.10 bits per heavy atom. The number of hydrogen-bond acceptors (Lipinski definition) is 9. The quantitative estimate of drug-likeness (QED) is 0.370. The molecule has 5 heterocycles. The third-order valence-electron chi connectivity index (χ3n) is 7.16. The number of anilines is 4. The second-order valence-corrected chi connectivity index (χ2v) is 11.3. The molecule has 3 aromatic heterocycles. The molecule has 0 aliphatic carbocycles. The molecule has 0 saturated heterocycles. The van der Waals surface area contributed by atoms with Gasteiger partial charge in [0.1, 0.15) is 36.4 Å². The number of carbonyl (C=O) groups excluding carboxylic acids is 1. The van der Waals surface area contributed by atoms with E-state index in [1.54, 1.807) is 15.9 Å². The SMILES string of the molecule is Cc1c(N2CCc3cnc(Nc4ccc(Cn5cncn5)cc4)cc3C2)cnc2c1N(C(=O)OC(C)(C)C)CCO2. The maximum Gasteiger partial charge on any atom is 0.415 e. The molecule has 4 aromatic rings. The molecule has 212 valence electrons. The summed E-state index contributed by atoms with van der Waals surface area (Å²) < 4.78 is 13.3. The average Bonchev–Trinajstić information content (AvgIpc) is 3.46. The van der Waals surface area contributed by atoms with Crippen molar-refractivity contribution in [3.8, 4) is 5.88 Å². The maximum atomic E-state index is 13.0. The molecule has 2 aliphatic rings. The Hall–Kier alpha value is -4.67. The minimum absolute atomic E-state index is 0.377. The highest BCUT2D eigenvalue weighted by molar-refractivity contribution is 5.92.